The molecular weight excluding hydrogens is 380 g/mol. The standard InChI is InChI=1S/C22H28N6O2/c1-16-6-4-8-19-21(16)23-15-24-22(19)27-9-5-7-17(14-27)28-20(29)12-18(13-25-28)26(2)10-11-30-3/h4,6,8,12-13,15,17H,5,7,9-11,14H2,1-3H3/t17-/m0/s1. The SMILES string of the molecule is COCCN(C)c1cnn([C@H]2CCCN(c3ncnc4c(C)cccc34)C2)c(=O)c1. The molecule has 1 atom stereocenters. The van der Waals surface area contributed by atoms with Gasteiger partial charge in [-0.05, 0) is 31.4 Å². The fourth-order valence-corrected chi connectivity index (χ4v) is 4.07. The van der Waals surface area contributed by atoms with Crippen LogP contribution in [0, 0.1) is 6.92 Å². The average Bonchev–Trinajstić information content (AvgIpc) is 2.77. The lowest BCUT2D eigenvalue weighted by Gasteiger charge is -2.34. The number of methoxy groups -OCH3 is 1. The maximum atomic E-state index is 12.8. The first kappa shape index (κ1) is 20.3. The second-order valence-corrected chi connectivity index (χ2v) is 7.82. The van der Waals surface area contributed by atoms with E-state index >= 15 is 0 Å². The molecule has 3 heterocycles. The van der Waals surface area contributed by atoms with E-state index in [9.17, 15) is 4.79 Å². The summed E-state index contributed by atoms with van der Waals surface area (Å²) in [6.07, 6.45) is 5.29. The number of likely N-dealkylation sites (N-methyl/N-ethyl adjacent to an activating group) is 1. The van der Waals surface area contributed by atoms with Crippen LogP contribution in [0.4, 0.5) is 11.5 Å². The number of nitrogens with zero attached hydrogens (tertiary/aromatic N) is 6. The molecule has 0 saturated carbocycles. The van der Waals surface area contributed by atoms with Crippen LogP contribution < -0.4 is 15.4 Å². The van der Waals surface area contributed by atoms with Gasteiger partial charge in [0.1, 0.15) is 12.1 Å². The monoisotopic (exact) mass is 408 g/mol. The van der Waals surface area contributed by atoms with Gasteiger partial charge in [-0.1, -0.05) is 12.1 Å². The van der Waals surface area contributed by atoms with E-state index in [0.29, 0.717) is 19.7 Å². The molecule has 8 nitrogen and oxygen atoms in total. The van der Waals surface area contributed by atoms with Crippen LogP contribution >= 0.6 is 0 Å². The number of aryl methyl sites for hydroxylation is 1. The zero-order valence-electron chi connectivity index (χ0n) is 17.8. The van der Waals surface area contributed by atoms with Gasteiger partial charge < -0.3 is 14.5 Å². The highest BCUT2D eigenvalue weighted by molar-refractivity contribution is 5.91. The van der Waals surface area contributed by atoms with Gasteiger partial charge in [0.05, 0.1) is 30.0 Å². The molecular formula is C22H28N6O2. The van der Waals surface area contributed by atoms with Crippen LogP contribution in [0.5, 0.6) is 0 Å². The molecule has 3 aromatic rings. The second kappa shape index (κ2) is 8.79. The van der Waals surface area contributed by atoms with E-state index in [1.807, 2.05) is 18.0 Å². The van der Waals surface area contributed by atoms with Gasteiger partial charge in [-0.3, -0.25) is 4.79 Å². The van der Waals surface area contributed by atoms with Crippen molar-refractivity contribution >= 4 is 22.4 Å². The average molecular weight is 409 g/mol. The number of para-hydroxylation sites is 1. The van der Waals surface area contributed by atoms with Crippen LogP contribution in [0.3, 0.4) is 0 Å². The molecule has 4 rings (SSSR count). The van der Waals surface area contributed by atoms with Gasteiger partial charge >= 0.3 is 0 Å². The molecule has 1 aliphatic heterocycles. The minimum absolute atomic E-state index is 0.0133. The van der Waals surface area contributed by atoms with Gasteiger partial charge in [0.15, 0.2) is 0 Å². The van der Waals surface area contributed by atoms with Crippen LogP contribution in [0.25, 0.3) is 10.9 Å². The van der Waals surface area contributed by atoms with Crippen molar-refractivity contribution in [3.8, 4) is 0 Å². The van der Waals surface area contributed by atoms with Crippen molar-refractivity contribution in [2.24, 2.45) is 0 Å². The third-order valence-corrected chi connectivity index (χ3v) is 5.77. The normalized spacial score (nSPS) is 16.8. The van der Waals surface area contributed by atoms with E-state index in [1.54, 1.807) is 30.4 Å². The summed E-state index contributed by atoms with van der Waals surface area (Å²) in [7, 11) is 3.60. The van der Waals surface area contributed by atoms with Crippen LogP contribution in [-0.4, -0.2) is 60.1 Å². The molecule has 0 spiro atoms. The van der Waals surface area contributed by atoms with E-state index < -0.39 is 0 Å². The largest absolute Gasteiger partial charge is 0.383 e. The predicted octanol–water partition coefficient (Wildman–Crippen LogP) is 2.42. The number of hydrogen-bond acceptors (Lipinski definition) is 7. The number of benzene rings is 1. The van der Waals surface area contributed by atoms with Crippen LogP contribution in [-0.2, 0) is 4.74 Å². The fourth-order valence-electron chi connectivity index (χ4n) is 4.07. The van der Waals surface area contributed by atoms with Gasteiger partial charge in [-0.2, -0.15) is 5.10 Å². The first-order chi connectivity index (χ1) is 14.6. The summed E-state index contributed by atoms with van der Waals surface area (Å²) in [5, 5.41) is 5.55. The number of piperidine rings is 1. The molecule has 1 saturated heterocycles. The zero-order chi connectivity index (χ0) is 21.1. The Morgan fingerprint density at radius 1 is 1.30 bits per heavy atom. The Morgan fingerprint density at radius 2 is 2.17 bits per heavy atom. The number of aromatic nitrogens is 4. The number of fused-ring (bicyclic) bond motifs is 1. The van der Waals surface area contributed by atoms with E-state index in [4.69, 9.17) is 4.74 Å². The summed E-state index contributed by atoms with van der Waals surface area (Å²) in [4.78, 5) is 26.1. The Hall–Kier alpha value is -3.00. The molecule has 0 radical (unpaired) electrons. The number of hydrogen-bond donors (Lipinski definition) is 0. The molecule has 1 aromatic carbocycles. The summed E-state index contributed by atoms with van der Waals surface area (Å²) in [5.41, 5.74) is 2.84. The fraction of sp³-hybridized carbons (Fsp3) is 0.455. The van der Waals surface area contributed by atoms with Crippen molar-refractivity contribution in [2.45, 2.75) is 25.8 Å². The topological polar surface area (TPSA) is 76.4 Å². The van der Waals surface area contributed by atoms with Crippen molar-refractivity contribution in [3.05, 3.63) is 52.7 Å². The smallest absolute Gasteiger partial charge is 0.269 e. The van der Waals surface area contributed by atoms with Gasteiger partial charge in [0.2, 0.25) is 0 Å². The highest BCUT2D eigenvalue weighted by Crippen LogP contribution is 2.29. The third-order valence-electron chi connectivity index (χ3n) is 5.77. The van der Waals surface area contributed by atoms with Gasteiger partial charge in [-0.25, -0.2) is 14.6 Å². The Balaban J connectivity index is 1.58. The van der Waals surface area contributed by atoms with E-state index in [0.717, 1.165) is 47.4 Å². The molecule has 0 N–H and O–H groups in total. The Morgan fingerprint density at radius 3 is 2.97 bits per heavy atom. The molecule has 1 fully saturated rings. The lowest BCUT2D eigenvalue weighted by atomic mass is 10.0. The quantitative estimate of drug-likeness (QED) is 0.620. The van der Waals surface area contributed by atoms with Crippen LogP contribution in [0.15, 0.2) is 41.6 Å². The second-order valence-electron chi connectivity index (χ2n) is 7.82. The lowest BCUT2D eigenvalue weighted by molar-refractivity contribution is 0.206. The van der Waals surface area contributed by atoms with Crippen molar-refractivity contribution in [2.75, 3.05) is 50.2 Å². The summed E-state index contributed by atoms with van der Waals surface area (Å²) in [5.74, 6) is 0.928. The molecule has 0 aliphatic carbocycles. The molecule has 0 unspecified atom stereocenters. The molecule has 158 valence electrons. The van der Waals surface area contributed by atoms with Gasteiger partial charge in [0, 0.05) is 45.2 Å². The molecule has 1 aliphatic rings. The predicted molar refractivity (Wildman–Crippen MR) is 118 cm³/mol. The molecule has 30 heavy (non-hydrogen) atoms. The van der Waals surface area contributed by atoms with Crippen molar-refractivity contribution in [1.82, 2.24) is 19.7 Å². The van der Waals surface area contributed by atoms with Gasteiger partial charge in [-0.15, -0.1) is 0 Å². The first-order valence-corrected chi connectivity index (χ1v) is 10.3. The summed E-state index contributed by atoms with van der Waals surface area (Å²) >= 11 is 0. The van der Waals surface area contributed by atoms with E-state index in [1.165, 1.54) is 0 Å². The zero-order valence-corrected chi connectivity index (χ0v) is 17.8. The molecule has 2 aromatic heterocycles. The van der Waals surface area contributed by atoms with Crippen molar-refractivity contribution in [3.63, 3.8) is 0 Å². The molecule has 8 heteroatoms. The maximum absolute atomic E-state index is 12.8. The lowest BCUT2D eigenvalue weighted by Crippen LogP contribution is -2.41. The first-order valence-electron chi connectivity index (χ1n) is 10.3. The van der Waals surface area contributed by atoms with Gasteiger partial charge in [0.25, 0.3) is 5.56 Å². The summed E-state index contributed by atoms with van der Waals surface area (Å²) < 4.78 is 6.73. The highest BCUT2D eigenvalue weighted by Gasteiger charge is 2.25. The van der Waals surface area contributed by atoms with Crippen molar-refractivity contribution < 1.29 is 4.74 Å². The number of anilines is 2. The minimum atomic E-state index is -0.0768. The maximum Gasteiger partial charge on any atom is 0.269 e. The van der Waals surface area contributed by atoms with E-state index in [2.05, 4.69) is 39.0 Å². The number of ether oxygens (including phenoxy) is 1. The summed E-state index contributed by atoms with van der Waals surface area (Å²) in [6, 6.07) is 7.84. The van der Waals surface area contributed by atoms with Crippen molar-refractivity contribution in [1.29, 1.82) is 0 Å². The third kappa shape index (κ3) is 4.00. The molecule has 0 amide bonds. The highest BCUT2D eigenvalue weighted by atomic mass is 16.5. The Bertz CT molecular complexity index is 1080. The molecule has 0 bridgehead atoms. The van der Waals surface area contributed by atoms with Crippen LogP contribution in [0.1, 0.15) is 24.4 Å². The minimum Gasteiger partial charge on any atom is -0.383 e. The Kier molecular flexibility index (Phi) is 5.94. The summed E-state index contributed by atoms with van der Waals surface area (Å²) in [6.45, 7) is 4.98. The van der Waals surface area contributed by atoms with Crippen LogP contribution in [0.2, 0.25) is 0 Å². The van der Waals surface area contributed by atoms with E-state index in [-0.39, 0.29) is 11.6 Å². The Labute approximate surface area is 176 Å². The number of rotatable bonds is 6.